The molecule has 1 saturated carbocycles. The lowest BCUT2D eigenvalue weighted by Crippen LogP contribution is -2.53. The van der Waals surface area contributed by atoms with E-state index in [9.17, 15) is 14.7 Å². The maximum Gasteiger partial charge on any atom is 0.341 e. The third kappa shape index (κ3) is 2.80. The molecule has 0 spiro atoms. The van der Waals surface area contributed by atoms with Gasteiger partial charge in [-0.3, -0.25) is 4.79 Å². The van der Waals surface area contributed by atoms with Gasteiger partial charge >= 0.3 is 5.97 Å². The molecule has 6 nitrogen and oxygen atoms in total. The number of nitrogens with two attached hydrogens (primary N) is 1. The molecular formula is C21H26FN3O3. The van der Waals surface area contributed by atoms with E-state index >= 15 is 4.39 Å². The fourth-order valence-corrected chi connectivity index (χ4v) is 4.46. The molecule has 2 heterocycles. The molecule has 1 aliphatic carbocycles. The number of anilines is 1. The normalized spacial score (nSPS) is 21.9. The number of piperidine rings is 1. The van der Waals surface area contributed by atoms with Gasteiger partial charge in [0.2, 0.25) is 5.43 Å². The van der Waals surface area contributed by atoms with Crippen LogP contribution in [0.15, 0.2) is 11.0 Å². The van der Waals surface area contributed by atoms with Crippen LogP contribution in [0.4, 0.5) is 10.1 Å². The predicted octanol–water partition coefficient (Wildman–Crippen LogP) is 3.11. The Bertz CT molecular complexity index is 1040. The lowest BCUT2D eigenvalue weighted by molar-refractivity contribution is 0.0695. The van der Waals surface area contributed by atoms with E-state index in [0.29, 0.717) is 35.4 Å². The van der Waals surface area contributed by atoms with Crippen LogP contribution in [0.1, 0.15) is 60.5 Å². The second-order valence-corrected chi connectivity index (χ2v) is 8.87. The molecular weight excluding hydrogens is 361 g/mol. The van der Waals surface area contributed by atoms with Crippen LogP contribution in [0.2, 0.25) is 0 Å². The van der Waals surface area contributed by atoms with Crippen LogP contribution < -0.4 is 16.1 Å². The molecule has 1 unspecified atom stereocenters. The Morgan fingerprint density at radius 2 is 2.04 bits per heavy atom. The number of rotatable bonds is 3. The molecule has 28 heavy (non-hydrogen) atoms. The summed E-state index contributed by atoms with van der Waals surface area (Å²) in [5.74, 6) is -1.72. The summed E-state index contributed by atoms with van der Waals surface area (Å²) < 4.78 is 15.8. The number of hydrogen-bond acceptors (Lipinski definition) is 4. The fourth-order valence-electron chi connectivity index (χ4n) is 4.46. The van der Waals surface area contributed by atoms with Crippen molar-refractivity contribution in [2.45, 2.75) is 52.0 Å². The predicted molar refractivity (Wildman–Crippen MR) is 107 cm³/mol. The maximum absolute atomic E-state index is 15.8. The number of carboxylic acid groups (broad SMARTS) is 1. The molecule has 0 amide bonds. The van der Waals surface area contributed by atoms with E-state index in [-0.39, 0.29) is 34.1 Å². The summed E-state index contributed by atoms with van der Waals surface area (Å²) in [6.45, 7) is 7.23. The number of carboxylic acids is 1. The summed E-state index contributed by atoms with van der Waals surface area (Å²) in [4.78, 5) is 29.3. The maximum atomic E-state index is 15.8. The summed E-state index contributed by atoms with van der Waals surface area (Å²) in [5, 5.41) is 9.50. The van der Waals surface area contributed by atoms with Crippen LogP contribution in [0.5, 0.6) is 0 Å². The van der Waals surface area contributed by atoms with Gasteiger partial charge in [-0.15, -0.1) is 0 Å². The van der Waals surface area contributed by atoms with Crippen LogP contribution in [0.25, 0.3) is 10.9 Å². The molecule has 1 aromatic heterocycles. The molecule has 7 heteroatoms. The Morgan fingerprint density at radius 1 is 1.36 bits per heavy atom. The number of pyridine rings is 1. The first-order valence-electron chi connectivity index (χ1n) is 9.74. The largest absolute Gasteiger partial charge is 0.477 e. The third-order valence-corrected chi connectivity index (χ3v) is 6.37. The smallest absolute Gasteiger partial charge is 0.341 e. The van der Waals surface area contributed by atoms with Crippen molar-refractivity contribution in [2.24, 2.45) is 11.1 Å². The van der Waals surface area contributed by atoms with Crippen molar-refractivity contribution < 1.29 is 14.3 Å². The van der Waals surface area contributed by atoms with Crippen molar-refractivity contribution >= 4 is 22.6 Å². The Morgan fingerprint density at radius 3 is 2.61 bits per heavy atom. The molecule has 0 radical (unpaired) electrons. The van der Waals surface area contributed by atoms with E-state index in [4.69, 9.17) is 5.73 Å². The first-order valence-corrected chi connectivity index (χ1v) is 9.74. The van der Waals surface area contributed by atoms with Crippen molar-refractivity contribution in [2.75, 3.05) is 18.0 Å². The molecule has 4 N–H and O–H groups in total. The van der Waals surface area contributed by atoms with Crippen LogP contribution >= 0.6 is 0 Å². The molecule has 0 bridgehead atoms. The number of fused-ring (bicyclic) bond motifs is 1. The van der Waals surface area contributed by atoms with Crippen molar-refractivity contribution in [1.29, 1.82) is 0 Å². The number of benzene rings is 1. The zero-order chi connectivity index (χ0) is 20.4. The molecule has 1 aliphatic heterocycles. The minimum Gasteiger partial charge on any atom is -0.477 e. The average molecular weight is 387 g/mol. The van der Waals surface area contributed by atoms with E-state index in [2.05, 4.69) is 18.8 Å². The molecule has 150 valence electrons. The highest BCUT2D eigenvalue weighted by Crippen LogP contribution is 2.47. The second kappa shape index (κ2) is 6.30. The minimum atomic E-state index is -1.31. The number of nitrogens with zero attached hydrogens (tertiary/aromatic N) is 1. The highest BCUT2D eigenvalue weighted by Gasteiger charge is 2.38. The Hall–Kier alpha value is -2.41. The number of aryl methyl sites for hydroxylation is 1. The molecule has 2 aromatic rings. The average Bonchev–Trinajstić information content (AvgIpc) is 3.43. The number of H-pyrrole nitrogens is 1. The first-order chi connectivity index (χ1) is 13.1. The van der Waals surface area contributed by atoms with Gasteiger partial charge in [-0.25, -0.2) is 9.18 Å². The van der Waals surface area contributed by atoms with E-state index in [1.165, 1.54) is 6.20 Å². The van der Waals surface area contributed by atoms with Crippen molar-refractivity contribution in [3.8, 4) is 0 Å². The molecule has 4 rings (SSSR count). The summed E-state index contributed by atoms with van der Waals surface area (Å²) in [7, 11) is 0. The second-order valence-electron chi connectivity index (χ2n) is 8.87. The number of aromatic nitrogens is 1. The Balaban J connectivity index is 1.98. The number of nitrogens with one attached hydrogen (secondary N) is 1. The van der Waals surface area contributed by atoms with Gasteiger partial charge < -0.3 is 20.7 Å². The quantitative estimate of drug-likeness (QED) is 0.751. The van der Waals surface area contributed by atoms with Gasteiger partial charge in [0, 0.05) is 30.9 Å². The van der Waals surface area contributed by atoms with Gasteiger partial charge in [0.05, 0.1) is 16.6 Å². The first kappa shape index (κ1) is 18.9. The van der Waals surface area contributed by atoms with Crippen LogP contribution in [0.3, 0.4) is 0 Å². The molecule has 1 atom stereocenters. The molecule has 1 aromatic carbocycles. The summed E-state index contributed by atoms with van der Waals surface area (Å²) >= 11 is 0. The highest BCUT2D eigenvalue weighted by molar-refractivity contribution is 5.96. The number of hydrogen-bond donors (Lipinski definition) is 3. The van der Waals surface area contributed by atoms with Gasteiger partial charge in [-0.1, -0.05) is 13.8 Å². The van der Waals surface area contributed by atoms with E-state index in [1.807, 2.05) is 4.90 Å². The van der Waals surface area contributed by atoms with Gasteiger partial charge in [0.25, 0.3) is 0 Å². The van der Waals surface area contributed by atoms with Crippen molar-refractivity contribution in [3.63, 3.8) is 0 Å². The molecule has 2 fully saturated rings. The monoisotopic (exact) mass is 387 g/mol. The topological polar surface area (TPSA) is 99.4 Å². The minimum absolute atomic E-state index is 0.0351. The lowest BCUT2D eigenvalue weighted by Gasteiger charge is -2.44. The third-order valence-electron chi connectivity index (χ3n) is 6.37. The zero-order valence-electron chi connectivity index (χ0n) is 16.4. The summed E-state index contributed by atoms with van der Waals surface area (Å²) in [6.07, 6.45) is 3.59. The highest BCUT2D eigenvalue weighted by atomic mass is 19.1. The number of carbonyl (C=O) groups is 1. The van der Waals surface area contributed by atoms with Crippen LogP contribution in [-0.4, -0.2) is 35.2 Å². The summed E-state index contributed by atoms with van der Waals surface area (Å²) in [6, 6.07) is 0.0495. The zero-order valence-corrected chi connectivity index (χ0v) is 16.4. The van der Waals surface area contributed by atoms with E-state index in [1.54, 1.807) is 6.92 Å². The van der Waals surface area contributed by atoms with E-state index in [0.717, 1.165) is 19.3 Å². The molecule has 2 aliphatic rings. The van der Waals surface area contributed by atoms with E-state index < -0.39 is 11.4 Å². The van der Waals surface area contributed by atoms with Gasteiger partial charge in [0.15, 0.2) is 5.82 Å². The van der Waals surface area contributed by atoms with Crippen LogP contribution in [-0.2, 0) is 0 Å². The number of halogens is 1. The lowest BCUT2D eigenvalue weighted by atomic mass is 9.79. The number of aromatic amines is 1. The summed E-state index contributed by atoms with van der Waals surface area (Å²) in [5.41, 5.74) is 7.16. The van der Waals surface area contributed by atoms with Gasteiger partial charge in [0.1, 0.15) is 5.56 Å². The van der Waals surface area contributed by atoms with Gasteiger partial charge in [-0.05, 0) is 43.1 Å². The molecule has 1 saturated heterocycles. The van der Waals surface area contributed by atoms with Crippen molar-refractivity contribution in [1.82, 2.24) is 4.98 Å². The fraction of sp³-hybridized carbons (Fsp3) is 0.524. The van der Waals surface area contributed by atoms with Gasteiger partial charge in [-0.2, -0.15) is 0 Å². The van der Waals surface area contributed by atoms with Crippen LogP contribution in [0, 0.1) is 18.2 Å². The SMILES string of the molecule is Cc1c(N2CCC(N)C(C)(C)C2)c(F)c(C2CC2)c2c(=O)c(C(=O)O)c[nH]c12. The Kier molecular flexibility index (Phi) is 4.26. The van der Waals surface area contributed by atoms with Crippen molar-refractivity contribution in [3.05, 3.63) is 38.9 Å². The standard InChI is InChI=1S/C21H26FN3O3/c1-10-17-15(19(26)12(8-24-17)20(27)28)14(11-4-5-11)16(22)18(10)25-7-6-13(23)21(2,3)9-25/h8,11,13H,4-7,9,23H2,1-3H3,(H,24,26)(H,27,28). The Labute approximate surface area is 162 Å². The number of aromatic carboxylic acids is 1.